The Balaban J connectivity index is 1.96. The third-order valence-electron chi connectivity index (χ3n) is 2.83. The van der Waals surface area contributed by atoms with E-state index in [2.05, 4.69) is 21.2 Å². The van der Waals surface area contributed by atoms with E-state index >= 15 is 0 Å². The molecule has 2 rings (SSSR count). The number of hydrogen-bond acceptors (Lipinski definition) is 3. The van der Waals surface area contributed by atoms with Gasteiger partial charge in [0.2, 0.25) is 0 Å². The van der Waals surface area contributed by atoms with Crippen molar-refractivity contribution in [3.63, 3.8) is 0 Å². The third-order valence-corrected chi connectivity index (χ3v) is 3.45. The Labute approximate surface area is 115 Å². The molecule has 1 atom stereocenters. The van der Waals surface area contributed by atoms with E-state index < -0.39 is 6.10 Å². The fraction of sp³-hybridized carbons (Fsp3) is 0.462. The molecule has 4 nitrogen and oxygen atoms in total. The highest BCUT2D eigenvalue weighted by molar-refractivity contribution is 9.10. The largest absolute Gasteiger partial charge is 0.480 e. The first-order valence-corrected chi connectivity index (χ1v) is 6.85. The van der Waals surface area contributed by atoms with Gasteiger partial charge in [-0.2, -0.15) is 0 Å². The van der Waals surface area contributed by atoms with Gasteiger partial charge in [-0.1, -0.05) is 6.07 Å². The first kappa shape index (κ1) is 13.4. The smallest absolute Gasteiger partial charge is 0.260 e. The molecular weight excluding hydrogens is 296 g/mol. The molecule has 0 bridgehead atoms. The van der Waals surface area contributed by atoms with E-state index in [1.54, 1.807) is 6.92 Å². The second-order valence-corrected chi connectivity index (χ2v) is 5.37. The van der Waals surface area contributed by atoms with Crippen LogP contribution in [0.3, 0.4) is 0 Å². The molecule has 1 aromatic carbocycles. The summed E-state index contributed by atoms with van der Waals surface area (Å²) >= 11 is 3.42. The van der Waals surface area contributed by atoms with Crippen LogP contribution in [-0.2, 0) is 11.3 Å². The molecule has 0 spiro atoms. The van der Waals surface area contributed by atoms with Crippen molar-refractivity contribution >= 4 is 21.8 Å². The Morgan fingerprint density at radius 1 is 1.61 bits per heavy atom. The van der Waals surface area contributed by atoms with Crippen LogP contribution in [0.5, 0.6) is 5.75 Å². The average molecular weight is 313 g/mol. The molecule has 1 aliphatic rings. The van der Waals surface area contributed by atoms with Gasteiger partial charge in [-0.05, 0) is 53.4 Å². The zero-order valence-corrected chi connectivity index (χ0v) is 11.9. The predicted octanol–water partition coefficient (Wildman–Crippen LogP) is 1.95. The van der Waals surface area contributed by atoms with Crippen molar-refractivity contribution in [1.82, 2.24) is 5.32 Å². The summed E-state index contributed by atoms with van der Waals surface area (Å²) in [5, 5.41) is 2.92. The molecule has 0 heterocycles. The first-order valence-electron chi connectivity index (χ1n) is 6.05. The van der Waals surface area contributed by atoms with Gasteiger partial charge >= 0.3 is 0 Å². The van der Waals surface area contributed by atoms with Crippen LogP contribution in [-0.4, -0.2) is 18.1 Å². The molecule has 3 N–H and O–H groups in total. The van der Waals surface area contributed by atoms with E-state index in [4.69, 9.17) is 10.5 Å². The van der Waals surface area contributed by atoms with E-state index in [0.717, 1.165) is 22.9 Å². The van der Waals surface area contributed by atoms with Gasteiger partial charge in [-0.15, -0.1) is 0 Å². The van der Waals surface area contributed by atoms with Gasteiger partial charge in [0.1, 0.15) is 5.75 Å². The van der Waals surface area contributed by atoms with Gasteiger partial charge < -0.3 is 15.8 Å². The number of nitrogens with two attached hydrogens (primary N) is 1. The number of halogens is 1. The van der Waals surface area contributed by atoms with Crippen molar-refractivity contribution in [1.29, 1.82) is 0 Å². The first-order chi connectivity index (χ1) is 8.60. The number of nitrogens with one attached hydrogen (secondary N) is 1. The van der Waals surface area contributed by atoms with Gasteiger partial charge in [0.25, 0.3) is 5.91 Å². The van der Waals surface area contributed by atoms with Crippen molar-refractivity contribution in [3.8, 4) is 5.75 Å². The molecule has 1 fully saturated rings. The molecule has 1 aromatic rings. The minimum absolute atomic E-state index is 0.0627. The summed E-state index contributed by atoms with van der Waals surface area (Å²) in [4.78, 5) is 11.8. The Kier molecular flexibility index (Phi) is 4.24. The molecule has 1 saturated carbocycles. The number of benzene rings is 1. The lowest BCUT2D eigenvalue weighted by atomic mass is 10.2. The number of amides is 1. The van der Waals surface area contributed by atoms with Gasteiger partial charge in [-0.25, -0.2) is 0 Å². The number of carbonyl (C=O) groups excluding carboxylic acids is 1. The molecule has 0 radical (unpaired) electrons. The van der Waals surface area contributed by atoms with E-state index in [1.165, 1.54) is 0 Å². The van der Waals surface area contributed by atoms with Crippen LogP contribution in [0.15, 0.2) is 22.7 Å². The standard InChI is InChI=1S/C13H17BrN2O2/c1-8(13(17)16-10-3-4-10)18-12-5-2-9(7-15)6-11(12)14/h2,5-6,8,10H,3-4,7,15H2,1H3,(H,16,17). The quantitative estimate of drug-likeness (QED) is 0.873. The molecule has 5 heteroatoms. The number of rotatable bonds is 5. The zero-order valence-electron chi connectivity index (χ0n) is 10.3. The van der Waals surface area contributed by atoms with Crippen molar-refractivity contribution in [2.75, 3.05) is 0 Å². The van der Waals surface area contributed by atoms with Crippen molar-refractivity contribution in [2.45, 2.75) is 38.5 Å². The summed E-state index contributed by atoms with van der Waals surface area (Å²) in [7, 11) is 0. The highest BCUT2D eigenvalue weighted by atomic mass is 79.9. The van der Waals surface area contributed by atoms with Crippen LogP contribution in [0.1, 0.15) is 25.3 Å². The molecular formula is C13H17BrN2O2. The van der Waals surface area contributed by atoms with E-state index in [0.29, 0.717) is 18.3 Å². The molecule has 0 saturated heterocycles. The number of hydrogen-bond donors (Lipinski definition) is 2. The van der Waals surface area contributed by atoms with Crippen molar-refractivity contribution < 1.29 is 9.53 Å². The molecule has 0 aliphatic heterocycles. The van der Waals surface area contributed by atoms with Crippen LogP contribution in [0, 0.1) is 0 Å². The highest BCUT2D eigenvalue weighted by Crippen LogP contribution is 2.27. The molecule has 1 aliphatic carbocycles. The summed E-state index contributed by atoms with van der Waals surface area (Å²) in [6.45, 7) is 2.23. The Hall–Kier alpha value is -1.07. The summed E-state index contributed by atoms with van der Waals surface area (Å²) < 4.78 is 6.45. The summed E-state index contributed by atoms with van der Waals surface area (Å²) in [5.41, 5.74) is 6.57. The van der Waals surface area contributed by atoms with Gasteiger partial charge in [0, 0.05) is 12.6 Å². The lowest BCUT2D eigenvalue weighted by molar-refractivity contribution is -0.127. The second-order valence-electron chi connectivity index (χ2n) is 4.51. The minimum atomic E-state index is -0.495. The maximum Gasteiger partial charge on any atom is 0.260 e. The van der Waals surface area contributed by atoms with Crippen LogP contribution < -0.4 is 15.8 Å². The minimum Gasteiger partial charge on any atom is -0.480 e. The van der Waals surface area contributed by atoms with Crippen molar-refractivity contribution in [2.24, 2.45) is 5.73 Å². The number of ether oxygens (including phenoxy) is 1. The fourth-order valence-corrected chi connectivity index (χ4v) is 2.08. The Morgan fingerprint density at radius 3 is 2.89 bits per heavy atom. The summed E-state index contributed by atoms with van der Waals surface area (Å²) in [5.74, 6) is 0.595. The Bertz CT molecular complexity index is 447. The number of carbonyl (C=O) groups is 1. The van der Waals surface area contributed by atoms with Crippen LogP contribution in [0.4, 0.5) is 0 Å². The van der Waals surface area contributed by atoms with Gasteiger partial charge in [0.05, 0.1) is 4.47 Å². The topological polar surface area (TPSA) is 64.3 Å². The monoisotopic (exact) mass is 312 g/mol. The van der Waals surface area contributed by atoms with Crippen LogP contribution in [0.2, 0.25) is 0 Å². The second kappa shape index (κ2) is 5.71. The summed E-state index contributed by atoms with van der Waals surface area (Å²) in [6, 6.07) is 5.98. The fourth-order valence-electron chi connectivity index (χ4n) is 1.56. The summed E-state index contributed by atoms with van der Waals surface area (Å²) in [6.07, 6.45) is 1.66. The maximum atomic E-state index is 11.8. The maximum absolute atomic E-state index is 11.8. The average Bonchev–Trinajstić information content (AvgIpc) is 3.15. The lowest BCUT2D eigenvalue weighted by Gasteiger charge is -2.16. The van der Waals surface area contributed by atoms with Gasteiger partial charge in [0.15, 0.2) is 6.10 Å². The molecule has 1 unspecified atom stereocenters. The zero-order chi connectivity index (χ0) is 13.1. The van der Waals surface area contributed by atoms with E-state index in [-0.39, 0.29) is 5.91 Å². The highest BCUT2D eigenvalue weighted by Gasteiger charge is 2.26. The van der Waals surface area contributed by atoms with Crippen molar-refractivity contribution in [3.05, 3.63) is 28.2 Å². The molecule has 1 amide bonds. The van der Waals surface area contributed by atoms with E-state index in [9.17, 15) is 4.79 Å². The van der Waals surface area contributed by atoms with Gasteiger partial charge in [-0.3, -0.25) is 4.79 Å². The SMILES string of the molecule is CC(Oc1ccc(CN)cc1Br)C(=O)NC1CC1. The predicted molar refractivity (Wildman–Crippen MR) is 73.3 cm³/mol. The normalized spacial score (nSPS) is 16.2. The third kappa shape index (κ3) is 3.46. The molecule has 98 valence electrons. The molecule has 0 aromatic heterocycles. The lowest BCUT2D eigenvalue weighted by Crippen LogP contribution is -2.37. The Morgan fingerprint density at radius 2 is 2.33 bits per heavy atom. The molecule has 18 heavy (non-hydrogen) atoms. The van der Waals surface area contributed by atoms with Crippen LogP contribution >= 0.6 is 15.9 Å². The van der Waals surface area contributed by atoms with Crippen LogP contribution in [0.25, 0.3) is 0 Å². The van der Waals surface area contributed by atoms with E-state index in [1.807, 2.05) is 18.2 Å².